The Hall–Kier alpha value is -1.57. The third kappa shape index (κ3) is 4.70. The van der Waals surface area contributed by atoms with Gasteiger partial charge >= 0.3 is 0 Å². The van der Waals surface area contributed by atoms with E-state index in [-0.39, 0.29) is 0 Å². The molecule has 1 aliphatic rings. The summed E-state index contributed by atoms with van der Waals surface area (Å²) in [6, 6.07) is 8.03. The predicted molar refractivity (Wildman–Crippen MR) is 99.2 cm³/mol. The van der Waals surface area contributed by atoms with Crippen LogP contribution in [0.1, 0.15) is 62.7 Å². The molecule has 0 aliphatic carbocycles. The quantitative estimate of drug-likeness (QED) is 0.467. The van der Waals surface area contributed by atoms with Gasteiger partial charge in [-0.1, -0.05) is 51.7 Å². The topological polar surface area (TPSA) is 20.3 Å². The number of hydrogen-bond donors (Lipinski definition) is 0. The molecule has 1 aliphatic heterocycles. The van der Waals surface area contributed by atoms with Crippen LogP contribution < -0.4 is 4.90 Å². The minimum atomic E-state index is 0.608. The fourth-order valence-corrected chi connectivity index (χ4v) is 3.60. The highest BCUT2D eigenvalue weighted by molar-refractivity contribution is 5.75. The maximum absolute atomic E-state index is 10.9. The van der Waals surface area contributed by atoms with Gasteiger partial charge in [-0.2, -0.15) is 0 Å². The van der Waals surface area contributed by atoms with Crippen molar-refractivity contribution in [3.8, 4) is 0 Å². The van der Waals surface area contributed by atoms with Crippen molar-refractivity contribution in [3.63, 3.8) is 0 Å². The molecule has 1 heterocycles. The van der Waals surface area contributed by atoms with Gasteiger partial charge in [-0.05, 0) is 48.9 Å². The van der Waals surface area contributed by atoms with E-state index >= 15 is 0 Å². The molecule has 1 saturated heterocycles. The molecule has 0 spiro atoms. The van der Waals surface area contributed by atoms with Crippen molar-refractivity contribution in [1.82, 2.24) is 0 Å². The first-order valence-corrected chi connectivity index (χ1v) is 9.18. The first kappa shape index (κ1) is 17.8. The average molecular weight is 313 g/mol. The van der Waals surface area contributed by atoms with E-state index in [1.165, 1.54) is 49.8 Å². The molecule has 2 heteroatoms. The molecule has 2 atom stereocenters. The fourth-order valence-electron chi connectivity index (χ4n) is 3.60. The SMILES string of the molecule is C=C1C(CCCC)CN(c2ccc(C=O)cc2)CC1CCCC. The molecule has 2 nitrogen and oxygen atoms in total. The highest BCUT2D eigenvalue weighted by atomic mass is 16.1. The molecule has 2 rings (SSSR count). The molecule has 1 fully saturated rings. The van der Waals surface area contributed by atoms with Gasteiger partial charge in [0.1, 0.15) is 6.29 Å². The second-order valence-electron chi connectivity index (χ2n) is 6.87. The Morgan fingerprint density at radius 1 is 1.04 bits per heavy atom. The zero-order chi connectivity index (χ0) is 16.7. The van der Waals surface area contributed by atoms with E-state index in [9.17, 15) is 4.79 Å². The molecule has 0 aromatic heterocycles. The number of benzene rings is 1. The zero-order valence-electron chi connectivity index (χ0n) is 14.8. The summed E-state index contributed by atoms with van der Waals surface area (Å²) in [4.78, 5) is 13.4. The number of nitrogens with zero attached hydrogens (tertiary/aromatic N) is 1. The molecular weight excluding hydrogens is 282 g/mol. The second kappa shape index (κ2) is 8.90. The Morgan fingerprint density at radius 3 is 2.00 bits per heavy atom. The van der Waals surface area contributed by atoms with Gasteiger partial charge in [0.15, 0.2) is 0 Å². The van der Waals surface area contributed by atoms with E-state index < -0.39 is 0 Å². The molecule has 0 bridgehead atoms. The minimum absolute atomic E-state index is 0.608. The molecule has 1 aromatic rings. The summed E-state index contributed by atoms with van der Waals surface area (Å²) in [5.74, 6) is 1.22. The number of hydrogen-bond acceptors (Lipinski definition) is 2. The lowest BCUT2D eigenvalue weighted by molar-refractivity contribution is 0.112. The number of unbranched alkanes of at least 4 members (excludes halogenated alkanes) is 2. The fraction of sp³-hybridized carbons (Fsp3) is 0.571. The largest absolute Gasteiger partial charge is 0.370 e. The summed E-state index contributed by atoms with van der Waals surface area (Å²) >= 11 is 0. The van der Waals surface area contributed by atoms with E-state index in [4.69, 9.17) is 0 Å². The van der Waals surface area contributed by atoms with Gasteiger partial charge in [0, 0.05) is 24.3 Å². The molecular formula is C21H31NO. The summed E-state index contributed by atoms with van der Waals surface area (Å²) in [6.07, 6.45) is 8.47. The van der Waals surface area contributed by atoms with Crippen LogP contribution in [0.5, 0.6) is 0 Å². The normalized spacial score (nSPS) is 21.5. The van der Waals surface area contributed by atoms with Crippen LogP contribution in [-0.4, -0.2) is 19.4 Å². The Kier molecular flexibility index (Phi) is 6.88. The first-order chi connectivity index (χ1) is 11.2. The van der Waals surface area contributed by atoms with Crippen molar-refractivity contribution in [2.45, 2.75) is 52.4 Å². The number of piperidine rings is 1. The van der Waals surface area contributed by atoms with Crippen LogP contribution in [0.25, 0.3) is 0 Å². The number of carbonyl (C=O) groups excluding carboxylic acids is 1. The lowest BCUT2D eigenvalue weighted by Gasteiger charge is -2.41. The van der Waals surface area contributed by atoms with Crippen LogP contribution in [-0.2, 0) is 0 Å². The van der Waals surface area contributed by atoms with Crippen molar-refractivity contribution in [1.29, 1.82) is 0 Å². The molecule has 0 N–H and O–H groups in total. The van der Waals surface area contributed by atoms with Gasteiger partial charge in [-0.3, -0.25) is 4.79 Å². The Bertz CT molecular complexity index is 485. The average Bonchev–Trinajstić information content (AvgIpc) is 2.60. The van der Waals surface area contributed by atoms with Gasteiger partial charge in [-0.25, -0.2) is 0 Å². The van der Waals surface area contributed by atoms with Crippen molar-refractivity contribution >= 4 is 12.0 Å². The zero-order valence-corrected chi connectivity index (χ0v) is 14.8. The molecule has 23 heavy (non-hydrogen) atoms. The van der Waals surface area contributed by atoms with E-state index in [0.29, 0.717) is 11.8 Å². The smallest absolute Gasteiger partial charge is 0.150 e. The molecule has 0 amide bonds. The monoisotopic (exact) mass is 313 g/mol. The van der Waals surface area contributed by atoms with Crippen molar-refractivity contribution < 1.29 is 4.79 Å². The van der Waals surface area contributed by atoms with Crippen molar-refractivity contribution in [3.05, 3.63) is 42.0 Å². The van der Waals surface area contributed by atoms with Crippen LogP contribution in [0.3, 0.4) is 0 Å². The molecule has 126 valence electrons. The van der Waals surface area contributed by atoms with Crippen LogP contribution in [0.4, 0.5) is 5.69 Å². The van der Waals surface area contributed by atoms with Crippen LogP contribution >= 0.6 is 0 Å². The Morgan fingerprint density at radius 2 is 1.57 bits per heavy atom. The van der Waals surface area contributed by atoms with Crippen LogP contribution in [0, 0.1) is 11.8 Å². The molecule has 0 radical (unpaired) electrons. The summed E-state index contributed by atoms with van der Waals surface area (Å²) < 4.78 is 0. The molecule has 0 saturated carbocycles. The maximum atomic E-state index is 10.9. The van der Waals surface area contributed by atoms with Crippen LogP contribution in [0.2, 0.25) is 0 Å². The molecule has 2 unspecified atom stereocenters. The van der Waals surface area contributed by atoms with Gasteiger partial charge < -0.3 is 4.90 Å². The first-order valence-electron chi connectivity index (χ1n) is 9.18. The van der Waals surface area contributed by atoms with Gasteiger partial charge in [0.2, 0.25) is 0 Å². The summed E-state index contributed by atoms with van der Waals surface area (Å²) in [5, 5.41) is 0. The second-order valence-corrected chi connectivity index (χ2v) is 6.87. The van der Waals surface area contributed by atoms with Gasteiger partial charge in [0.05, 0.1) is 0 Å². The minimum Gasteiger partial charge on any atom is -0.370 e. The third-order valence-corrected chi connectivity index (χ3v) is 5.14. The van der Waals surface area contributed by atoms with E-state index in [1.54, 1.807) is 0 Å². The lowest BCUT2D eigenvalue weighted by atomic mass is 9.79. The summed E-state index contributed by atoms with van der Waals surface area (Å²) in [7, 11) is 0. The van der Waals surface area contributed by atoms with Crippen LogP contribution in [0.15, 0.2) is 36.4 Å². The summed E-state index contributed by atoms with van der Waals surface area (Å²) in [5.41, 5.74) is 3.47. The van der Waals surface area contributed by atoms with E-state index in [0.717, 1.165) is 24.9 Å². The van der Waals surface area contributed by atoms with Crippen molar-refractivity contribution in [2.75, 3.05) is 18.0 Å². The number of aldehydes is 1. The summed E-state index contributed by atoms with van der Waals surface area (Å²) in [6.45, 7) is 11.1. The molecule has 1 aromatic carbocycles. The van der Waals surface area contributed by atoms with E-state index in [2.05, 4.69) is 37.5 Å². The third-order valence-electron chi connectivity index (χ3n) is 5.14. The number of rotatable bonds is 8. The highest BCUT2D eigenvalue weighted by Crippen LogP contribution is 2.35. The van der Waals surface area contributed by atoms with Gasteiger partial charge in [0.25, 0.3) is 0 Å². The Balaban J connectivity index is 2.13. The predicted octanol–water partition coefficient (Wildman–Crippen LogP) is 5.49. The number of carbonyl (C=O) groups is 1. The Labute approximate surface area is 141 Å². The van der Waals surface area contributed by atoms with E-state index in [1.807, 2.05) is 12.1 Å². The standard InChI is InChI=1S/C21H31NO/c1-4-6-8-19-14-22(15-20(17(19)3)9-7-5-2)21-12-10-18(16-23)11-13-21/h10-13,16,19-20H,3-9,14-15H2,1-2H3. The maximum Gasteiger partial charge on any atom is 0.150 e. The number of anilines is 1. The lowest BCUT2D eigenvalue weighted by Crippen LogP contribution is -2.42. The highest BCUT2D eigenvalue weighted by Gasteiger charge is 2.29. The van der Waals surface area contributed by atoms with Gasteiger partial charge in [-0.15, -0.1) is 0 Å². The van der Waals surface area contributed by atoms with Crippen molar-refractivity contribution in [2.24, 2.45) is 11.8 Å².